The second-order valence-corrected chi connectivity index (χ2v) is 4.23. The SMILES string of the molecule is CCC(n1nnc2ccccc21)[n+]1ccccc1.[Cl-]. The average Bonchev–Trinajstić information content (AvgIpc) is 2.85. The molecule has 3 aromatic rings. The molecule has 19 heavy (non-hydrogen) atoms. The predicted molar refractivity (Wildman–Crippen MR) is 68.9 cm³/mol. The summed E-state index contributed by atoms with van der Waals surface area (Å²) in [7, 11) is 0. The van der Waals surface area contributed by atoms with E-state index in [-0.39, 0.29) is 18.6 Å². The number of hydrogen-bond acceptors (Lipinski definition) is 2. The maximum atomic E-state index is 4.29. The van der Waals surface area contributed by atoms with Gasteiger partial charge < -0.3 is 12.4 Å². The summed E-state index contributed by atoms with van der Waals surface area (Å²) in [5, 5.41) is 8.50. The minimum Gasteiger partial charge on any atom is -1.00 e. The number of nitrogens with zero attached hydrogens (tertiary/aromatic N) is 4. The van der Waals surface area contributed by atoms with Crippen LogP contribution in [0.4, 0.5) is 0 Å². The first-order valence-electron chi connectivity index (χ1n) is 6.16. The van der Waals surface area contributed by atoms with Crippen LogP contribution in [0.1, 0.15) is 19.5 Å². The fourth-order valence-electron chi connectivity index (χ4n) is 2.23. The lowest BCUT2D eigenvalue weighted by Crippen LogP contribution is -3.00. The van der Waals surface area contributed by atoms with Crippen molar-refractivity contribution < 1.29 is 17.0 Å². The van der Waals surface area contributed by atoms with E-state index in [1.165, 1.54) is 0 Å². The van der Waals surface area contributed by atoms with Gasteiger partial charge in [-0.05, 0) is 12.1 Å². The molecule has 0 radical (unpaired) electrons. The second-order valence-electron chi connectivity index (χ2n) is 4.23. The minimum absolute atomic E-state index is 0. The molecule has 4 nitrogen and oxygen atoms in total. The Kier molecular flexibility index (Phi) is 4.12. The van der Waals surface area contributed by atoms with E-state index in [9.17, 15) is 0 Å². The van der Waals surface area contributed by atoms with Gasteiger partial charge >= 0.3 is 0 Å². The van der Waals surface area contributed by atoms with E-state index in [1.54, 1.807) is 0 Å². The van der Waals surface area contributed by atoms with Gasteiger partial charge in [-0.25, -0.2) is 0 Å². The van der Waals surface area contributed by atoms with E-state index < -0.39 is 0 Å². The Bertz CT molecular complexity index is 651. The molecule has 0 fully saturated rings. The van der Waals surface area contributed by atoms with E-state index in [0.717, 1.165) is 17.5 Å². The summed E-state index contributed by atoms with van der Waals surface area (Å²) in [5.41, 5.74) is 2.01. The van der Waals surface area contributed by atoms with Crippen molar-refractivity contribution in [2.24, 2.45) is 0 Å². The van der Waals surface area contributed by atoms with Crippen LogP contribution in [-0.2, 0) is 0 Å². The quantitative estimate of drug-likeness (QED) is 0.585. The topological polar surface area (TPSA) is 34.6 Å². The van der Waals surface area contributed by atoms with Crippen molar-refractivity contribution in [3.63, 3.8) is 0 Å². The van der Waals surface area contributed by atoms with Crippen molar-refractivity contribution in [3.05, 3.63) is 54.9 Å². The van der Waals surface area contributed by atoms with Crippen LogP contribution >= 0.6 is 0 Å². The first kappa shape index (κ1) is 13.5. The fraction of sp³-hybridized carbons (Fsp3) is 0.214. The van der Waals surface area contributed by atoms with Crippen LogP contribution in [0.5, 0.6) is 0 Å². The van der Waals surface area contributed by atoms with Gasteiger partial charge in [0.05, 0.1) is 5.52 Å². The molecular weight excluding hydrogens is 260 g/mol. The number of benzene rings is 1. The highest BCUT2D eigenvalue weighted by atomic mass is 35.5. The molecule has 0 spiro atoms. The third-order valence-corrected chi connectivity index (χ3v) is 3.11. The Balaban J connectivity index is 0.00000133. The summed E-state index contributed by atoms with van der Waals surface area (Å²) in [4.78, 5) is 0. The van der Waals surface area contributed by atoms with Crippen LogP contribution in [0.25, 0.3) is 11.0 Å². The summed E-state index contributed by atoms with van der Waals surface area (Å²) in [5.74, 6) is 0. The zero-order valence-electron chi connectivity index (χ0n) is 10.6. The number of para-hydroxylation sites is 1. The van der Waals surface area contributed by atoms with Crippen molar-refractivity contribution in [3.8, 4) is 0 Å². The van der Waals surface area contributed by atoms with Crippen LogP contribution in [0.3, 0.4) is 0 Å². The van der Waals surface area contributed by atoms with Crippen molar-refractivity contribution >= 4 is 11.0 Å². The van der Waals surface area contributed by atoms with E-state index >= 15 is 0 Å². The first-order chi connectivity index (χ1) is 8.90. The molecule has 5 heteroatoms. The van der Waals surface area contributed by atoms with Crippen LogP contribution in [-0.4, -0.2) is 15.0 Å². The lowest BCUT2D eigenvalue weighted by molar-refractivity contribution is -0.729. The molecule has 3 rings (SSSR count). The minimum atomic E-state index is 0. The smallest absolute Gasteiger partial charge is 0.253 e. The highest BCUT2D eigenvalue weighted by Gasteiger charge is 2.21. The maximum absolute atomic E-state index is 4.29. The molecule has 0 amide bonds. The normalized spacial score (nSPS) is 12.1. The summed E-state index contributed by atoms with van der Waals surface area (Å²) in [6, 6.07) is 14.1. The highest BCUT2D eigenvalue weighted by Crippen LogP contribution is 2.15. The van der Waals surface area contributed by atoms with E-state index in [4.69, 9.17) is 0 Å². The van der Waals surface area contributed by atoms with Gasteiger partial charge in [-0.15, -0.1) is 5.10 Å². The van der Waals surface area contributed by atoms with Gasteiger partial charge in [0.25, 0.3) is 6.17 Å². The summed E-state index contributed by atoms with van der Waals surface area (Å²) < 4.78 is 4.14. The molecule has 1 atom stereocenters. The molecule has 0 saturated heterocycles. The number of pyridine rings is 1. The predicted octanol–water partition coefficient (Wildman–Crippen LogP) is -0.820. The lowest BCUT2D eigenvalue weighted by Gasteiger charge is -2.10. The Morgan fingerprint density at radius 2 is 1.84 bits per heavy atom. The standard InChI is InChI=1S/C14H15N4.ClH/c1-2-14(17-10-6-3-7-11-17)18-13-9-5-4-8-12(13)15-16-18;/h3-11,14H,2H2,1H3;1H/q+1;/p-1. The van der Waals surface area contributed by atoms with Gasteiger partial charge in [0.1, 0.15) is 5.52 Å². The molecule has 2 heterocycles. The molecule has 0 aliphatic heterocycles. The van der Waals surface area contributed by atoms with Gasteiger partial charge in [0.15, 0.2) is 12.4 Å². The summed E-state index contributed by atoms with van der Waals surface area (Å²) >= 11 is 0. The molecule has 1 unspecified atom stereocenters. The summed E-state index contributed by atoms with van der Waals surface area (Å²) in [6.45, 7) is 2.15. The Hall–Kier alpha value is -1.94. The van der Waals surface area contributed by atoms with Crippen LogP contribution in [0.2, 0.25) is 0 Å². The third kappa shape index (κ3) is 2.44. The Labute approximate surface area is 118 Å². The monoisotopic (exact) mass is 274 g/mol. The van der Waals surface area contributed by atoms with Crippen molar-refractivity contribution in [2.75, 3.05) is 0 Å². The van der Waals surface area contributed by atoms with E-state index in [0.29, 0.717) is 0 Å². The van der Waals surface area contributed by atoms with Crippen LogP contribution in [0.15, 0.2) is 54.9 Å². The van der Waals surface area contributed by atoms with Gasteiger partial charge in [-0.1, -0.05) is 30.3 Å². The number of rotatable bonds is 3. The molecule has 0 saturated carbocycles. The van der Waals surface area contributed by atoms with E-state index in [2.05, 4.69) is 40.3 Å². The number of halogens is 1. The Morgan fingerprint density at radius 3 is 2.58 bits per heavy atom. The number of hydrogen-bond donors (Lipinski definition) is 0. The Morgan fingerprint density at radius 1 is 1.11 bits per heavy atom. The van der Waals surface area contributed by atoms with Gasteiger partial charge in [-0.3, -0.25) is 0 Å². The maximum Gasteiger partial charge on any atom is 0.253 e. The molecule has 0 aliphatic rings. The molecule has 1 aromatic carbocycles. The lowest BCUT2D eigenvalue weighted by atomic mass is 10.3. The average molecular weight is 275 g/mol. The van der Waals surface area contributed by atoms with E-state index in [1.807, 2.05) is 41.1 Å². The zero-order valence-corrected chi connectivity index (χ0v) is 11.4. The molecular formula is C14H15ClN4. The highest BCUT2D eigenvalue weighted by molar-refractivity contribution is 5.73. The molecule has 98 valence electrons. The third-order valence-electron chi connectivity index (χ3n) is 3.11. The van der Waals surface area contributed by atoms with Gasteiger partial charge in [0, 0.05) is 18.6 Å². The van der Waals surface area contributed by atoms with Crippen molar-refractivity contribution in [2.45, 2.75) is 19.5 Å². The van der Waals surface area contributed by atoms with Gasteiger partial charge in [-0.2, -0.15) is 9.25 Å². The van der Waals surface area contributed by atoms with Crippen molar-refractivity contribution in [1.82, 2.24) is 15.0 Å². The largest absolute Gasteiger partial charge is 1.00 e. The molecule has 0 N–H and O–H groups in total. The number of aromatic nitrogens is 4. The molecule has 0 aliphatic carbocycles. The summed E-state index contributed by atoms with van der Waals surface area (Å²) in [6.07, 6.45) is 5.25. The number of fused-ring (bicyclic) bond motifs is 1. The molecule has 2 aromatic heterocycles. The van der Waals surface area contributed by atoms with Gasteiger partial charge in [0.2, 0.25) is 0 Å². The van der Waals surface area contributed by atoms with Crippen LogP contribution < -0.4 is 17.0 Å². The zero-order chi connectivity index (χ0) is 12.4. The first-order valence-corrected chi connectivity index (χ1v) is 6.16. The second kappa shape index (κ2) is 5.80. The van der Waals surface area contributed by atoms with Crippen molar-refractivity contribution in [1.29, 1.82) is 0 Å². The fourth-order valence-corrected chi connectivity index (χ4v) is 2.23. The molecule has 0 bridgehead atoms. The van der Waals surface area contributed by atoms with Crippen LogP contribution in [0, 0.1) is 0 Å².